The molecule has 0 saturated heterocycles. The fourth-order valence-electron chi connectivity index (χ4n) is 3.29. The number of carbonyl (C=O) groups excluding carboxylic acids is 1. The lowest BCUT2D eigenvalue weighted by Gasteiger charge is -2.12. The van der Waals surface area contributed by atoms with Crippen LogP contribution in [0.4, 0.5) is 10.1 Å². The fraction of sp³-hybridized carbons (Fsp3) is 0.300. The smallest absolute Gasteiger partial charge is 0.341 e. The van der Waals surface area contributed by atoms with Gasteiger partial charge in [0.25, 0.3) is 0 Å². The first-order valence-corrected chi connectivity index (χ1v) is 12.0. The zero-order valence-electron chi connectivity index (χ0n) is 16.2. The van der Waals surface area contributed by atoms with Crippen molar-refractivity contribution in [1.29, 1.82) is 0 Å². The van der Waals surface area contributed by atoms with Gasteiger partial charge in [-0.3, -0.25) is 0 Å². The summed E-state index contributed by atoms with van der Waals surface area (Å²) in [6.45, 7) is 2.15. The highest BCUT2D eigenvalue weighted by Gasteiger charge is 2.26. The van der Waals surface area contributed by atoms with Crippen molar-refractivity contribution < 1.29 is 9.53 Å². The van der Waals surface area contributed by atoms with E-state index < -0.39 is 0 Å². The minimum Gasteiger partial charge on any atom is -0.462 e. The molecule has 0 radical (unpaired) electrons. The van der Waals surface area contributed by atoms with Crippen LogP contribution in [-0.4, -0.2) is 27.9 Å². The van der Waals surface area contributed by atoms with Crippen LogP contribution in [0.25, 0.3) is 10.6 Å². The van der Waals surface area contributed by atoms with Crippen molar-refractivity contribution in [3.63, 3.8) is 0 Å². The van der Waals surface area contributed by atoms with Gasteiger partial charge in [-0.25, -0.2) is 4.79 Å². The molecule has 0 saturated carbocycles. The topological polar surface area (TPSA) is 76.1 Å². The van der Waals surface area contributed by atoms with Gasteiger partial charge in [0.2, 0.25) is 5.13 Å². The molecule has 0 spiro atoms. The number of nitrogens with zero attached hydrogens (tertiary/aromatic N) is 2. The van der Waals surface area contributed by atoms with Gasteiger partial charge >= 0.3 is 5.97 Å². The molecule has 2 N–H and O–H groups in total. The lowest BCUT2D eigenvalue weighted by molar-refractivity contribution is 0.0526. The molecule has 4 rings (SSSR count). The van der Waals surface area contributed by atoms with Gasteiger partial charge in [-0.15, -0.1) is 21.5 Å². The average Bonchev–Trinajstić information content (AvgIpc) is 3.32. The van der Waals surface area contributed by atoms with Gasteiger partial charge in [0.05, 0.1) is 12.2 Å². The van der Waals surface area contributed by atoms with Gasteiger partial charge in [-0.05, 0) is 62.5 Å². The summed E-state index contributed by atoms with van der Waals surface area (Å²) in [5, 5.41) is 17.7. The Labute approximate surface area is 192 Å². The number of aromatic nitrogens is 2. The van der Waals surface area contributed by atoms with Gasteiger partial charge in [0.15, 0.2) is 5.11 Å². The number of thiophene rings is 1. The number of aryl methyl sites for hydroxylation is 1. The molecule has 2 aromatic heterocycles. The van der Waals surface area contributed by atoms with Crippen molar-refractivity contribution in [3.8, 4) is 10.6 Å². The van der Waals surface area contributed by atoms with Gasteiger partial charge in [0, 0.05) is 15.5 Å². The molecule has 30 heavy (non-hydrogen) atoms. The number of thiocarbonyl (C=S) groups is 1. The van der Waals surface area contributed by atoms with E-state index in [9.17, 15) is 4.79 Å². The predicted octanol–water partition coefficient (Wildman–Crippen LogP) is 5.78. The van der Waals surface area contributed by atoms with E-state index in [0.29, 0.717) is 27.4 Å². The Morgan fingerprint density at radius 3 is 2.70 bits per heavy atom. The van der Waals surface area contributed by atoms with Crippen LogP contribution in [0.5, 0.6) is 0 Å². The van der Waals surface area contributed by atoms with E-state index >= 15 is 0 Å². The van der Waals surface area contributed by atoms with Gasteiger partial charge in [-0.2, -0.15) is 0 Å². The molecule has 0 unspecified atom stereocenters. The molecular weight excluding hydrogens is 460 g/mol. The van der Waals surface area contributed by atoms with Crippen molar-refractivity contribution in [1.82, 2.24) is 10.2 Å². The molecule has 2 heterocycles. The number of benzene rings is 1. The van der Waals surface area contributed by atoms with E-state index in [0.717, 1.165) is 46.8 Å². The van der Waals surface area contributed by atoms with Crippen LogP contribution in [0.15, 0.2) is 24.3 Å². The summed E-state index contributed by atoms with van der Waals surface area (Å²) >= 11 is 14.4. The molecule has 0 amide bonds. The Kier molecular flexibility index (Phi) is 6.62. The molecule has 0 bridgehead atoms. The lowest BCUT2D eigenvalue weighted by atomic mass is 9.95. The Balaban J connectivity index is 1.50. The minimum atomic E-state index is -0.303. The average molecular weight is 479 g/mol. The predicted molar refractivity (Wildman–Crippen MR) is 127 cm³/mol. The SMILES string of the molecule is CCOC(=O)c1c(NC(=S)Nc2nnc(-c3ccc(Cl)cc3)s2)sc2c1CCCC2. The standard InChI is InChI=1S/C20H19ClN4O2S3/c1-2-27-18(26)15-13-5-3-4-6-14(13)29-17(15)22-19(28)23-20-25-24-16(30-20)11-7-9-12(21)10-8-11/h7-10H,2-6H2,1H3,(H2,22,23,25,28). The molecule has 1 aromatic carbocycles. The van der Waals surface area contributed by atoms with Crippen LogP contribution in [-0.2, 0) is 17.6 Å². The number of hydrogen-bond acceptors (Lipinski definition) is 7. The van der Waals surface area contributed by atoms with E-state index in [1.165, 1.54) is 16.2 Å². The van der Waals surface area contributed by atoms with E-state index in [4.69, 9.17) is 28.6 Å². The van der Waals surface area contributed by atoms with Gasteiger partial charge in [0.1, 0.15) is 10.0 Å². The van der Waals surface area contributed by atoms with Crippen LogP contribution < -0.4 is 10.6 Å². The third-order valence-corrected chi connectivity index (χ3v) is 7.17. The van der Waals surface area contributed by atoms with Crippen molar-refractivity contribution in [3.05, 3.63) is 45.3 Å². The molecule has 10 heteroatoms. The number of halogens is 1. The lowest BCUT2D eigenvalue weighted by Crippen LogP contribution is -2.20. The summed E-state index contributed by atoms with van der Waals surface area (Å²) in [4.78, 5) is 13.8. The number of esters is 1. The summed E-state index contributed by atoms with van der Waals surface area (Å²) in [5.74, 6) is -0.303. The van der Waals surface area contributed by atoms with E-state index in [-0.39, 0.29) is 5.97 Å². The first kappa shape index (κ1) is 21.2. The fourth-order valence-corrected chi connectivity index (χ4v) is 5.78. The van der Waals surface area contributed by atoms with Gasteiger partial charge in [-0.1, -0.05) is 35.1 Å². The van der Waals surface area contributed by atoms with E-state index in [1.54, 1.807) is 11.3 Å². The van der Waals surface area contributed by atoms with Crippen molar-refractivity contribution in [2.24, 2.45) is 0 Å². The Hall–Kier alpha value is -2.07. The first-order valence-electron chi connectivity index (χ1n) is 9.54. The number of anilines is 2. The third kappa shape index (κ3) is 4.64. The van der Waals surface area contributed by atoms with E-state index in [1.807, 2.05) is 31.2 Å². The molecule has 6 nitrogen and oxygen atoms in total. The monoisotopic (exact) mass is 478 g/mol. The number of nitrogens with one attached hydrogen (secondary N) is 2. The maximum Gasteiger partial charge on any atom is 0.341 e. The first-order chi connectivity index (χ1) is 14.5. The van der Waals surface area contributed by atoms with Crippen LogP contribution in [0.1, 0.15) is 40.6 Å². The molecule has 156 valence electrons. The normalized spacial score (nSPS) is 12.9. The zero-order valence-corrected chi connectivity index (χ0v) is 19.4. The second-order valence-corrected chi connectivity index (χ2v) is 9.56. The van der Waals surface area contributed by atoms with Crippen molar-refractivity contribution in [2.75, 3.05) is 17.2 Å². The minimum absolute atomic E-state index is 0.303. The highest BCUT2D eigenvalue weighted by molar-refractivity contribution is 7.80. The third-order valence-electron chi connectivity index (χ3n) is 4.61. The number of hydrogen-bond donors (Lipinski definition) is 2. The van der Waals surface area contributed by atoms with Crippen LogP contribution in [0, 0.1) is 0 Å². The Bertz CT molecular complexity index is 1080. The second-order valence-electron chi connectivity index (χ2n) is 6.63. The Morgan fingerprint density at radius 1 is 1.17 bits per heavy atom. The molecule has 3 aromatic rings. The zero-order chi connectivity index (χ0) is 21.1. The molecule has 1 aliphatic rings. The maximum atomic E-state index is 12.6. The largest absolute Gasteiger partial charge is 0.462 e. The summed E-state index contributed by atoms with van der Waals surface area (Å²) in [7, 11) is 0. The molecule has 0 atom stereocenters. The summed E-state index contributed by atoms with van der Waals surface area (Å²) in [6, 6.07) is 7.41. The maximum absolute atomic E-state index is 12.6. The molecule has 1 aliphatic carbocycles. The summed E-state index contributed by atoms with van der Waals surface area (Å²) in [6.07, 6.45) is 4.09. The highest BCUT2D eigenvalue weighted by atomic mass is 35.5. The summed E-state index contributed by atoms with van der Waals surface area (Å²) in [5.41, 5.74) is 2.63. The second kappa shape index (κ2) is 9.38. The Morgan fingerprint density at radius 2 is 1.93 bits per heavy atom. The summed E-state index contributed by atoms with van der Waals surface area (Å²) < 4.78 is 5.29. The van der Waals surface area contributed by atoms with Gasteiger partial charge < -0.3 is 15.4 Å². The number of rotatable bonds is 5. The van der Waals surface area contributed by atoms with Crippen molar-refractivity contribution in [2.45, 2.75) is 32.6 Å². The number of fused-ring (bicyclic) bond motifs is 1. The number of carbonyl (C=O) groups is 1. The molecule has 0 aliphatic heterocycles. The molecular formula is C20H19ClN4O2S3. The van der Waals surface area contributed by atoms with Crippen molar-refractivity contribution >= 4 is 67.7 Å². The van der Waals surface area contributed by atoms with Crippen LogP contribution in [0.3, 0.4) is 0 Å². The quantitative estimate of drug-likeness (QED) is 0.355. The number of ether oxygens (including phenoxy) is 1. The molecule has 0 fully saturated rings. The van der Waals surface area contributed by atoms with E-state index in [2.05, 4.69) is 20.8 Å². The van der Waals surface area contributed by atoms with Crippen LogP contribution >= 0.6 is 46.5 Å². The van der Waals surface area contributed by atoms with Crippen LogP contribution in [0.2, 0.25) is 5.02 Å². The highest BCUT2D eigenvalue weighted by Crippen LogP contribution is 2.38.